The molecule has 1 fully saturated rings. The van der Waals surface area contributed by atoms with Gasteiger partial charge >= 0.3 is 0 Å². The number of hydrogen-bond acceptors (Lipinski definition) is 6. The van der Waals surface area contributed by atoms with Crippen molar-refractivity contribution in [3.63, 3.8) is 0 Å². The molecule has 0 radical (unpaired) electrons. The van der Waals surface area contributed by atoms with Crippen LogP contribution in [0.5, 0.6) is 0 Å². The minimum Gasteiger partial charge on any atom is -0.305 e. The number of nitrogens with one attached hydrogen (secondary N) is 1. The molecule has 0 bridgehead atoms. The van der Waals surface area contributed by atoms with Gasteiger partial charge in [-0.15, -0.1) is 11.3 Å². The quantitative estimate of drug-likeness (QED) is 0.782. The number of thiophene rings is 1. The van der Waals surface area contributed by atoms with Crippen LogP contribution in [0.25, 0.3) is 0 Å². The van der Waals surface area contributed by atoms with E-state index in [9.17, 15) is 16.8 Å². The standard InChI is InChI=1S/C18H20ClNO4S3/c19-17-8-9-18(25-17)27(23,24)16-11-26(21,22)10-15(16)20-14-7-3-5-12-4-1-2-6-13(12)14/h1-2,4,6,8-9,14-16,20H,3,5,7,10-11H2/t14?,15-,16-/m0/s1. The molecular formula is C18H20ClNO4S3. The number of halogens is 1. The van der Waals surface area contributed by atoms with Crippen LogP contribution in [-0.4, -0.2) is 39.6 Å². The molecule has 9 heteroatoms. The molecule has 27 heavy (non-hydrogen) atoms. The highest BCUT2D eigenvalue weighted by Crippen LogP contribution is 2.35. The lowest BCUT2D eigenvalue weighted by atomic mass is 9.87. The summed E-state index contributed by atoms with van der Waals surface area (Å²) in [6.45, 7) is 0. The molecule has 5 nitrogen and oxygen atoms in total. The number of benzene rings is 1. The highest BCUT2D eigenvalue weighted by atomic mass is 35.5. The van der Waals surface area contributed by atoms with Gasteiger partial charge in [-0.25, -0.2) is 16.8 Å². The third kappa shape index (κ3) is 3.82. The Balaban J connectivity index is 1.65. The Morgan fingerprint density at radius 1 is 1.11 bits per heavy atom. The number of hydrogen-bond donors (Lipinski definition) is 1. The molecular weight excluding hydrogens is 426 g/mol. The van der Waals surface area contributed by atoms with Crippen LogP contribution in [0.4, 0.5) is 0 Å². The summed E-state index contributed by atoms with van der Waals surface area (Å²) in [5, 5.41) is 2.38. The molecule has 1 aliphatic carbocycles. The van der Waals surface area contributed by atoms with Crippen molar-refractivity contribution in [1.82, 2.24) is 5.32 Å². The van der Waals surface area contributed by atoms with Crippen LogP contribution in [0.15, 0.2) is 40.6 Å². The van der Waals surface area contributed by atoms with Crippen LogP contribution in [0, 0.1) is 0 Å². The summed E-state index contributed by atoms with van der Waals surface area (Å²) in [6, 6.07) is 10.4. The minimum absolute atomic E-state index is 0.0297. The zero-order valence-electron chi connectivity index (χ0n) is 14.5. The van der Waals surface area contributed by atoms with Crippen molar-refractivity contribution in [2.45, 2.75) is 40.8 Å². The lowest BCUT2D eigenvalue weighted by molar-refractivity contribution is 0.410. The van der Waals surface area contributed by atoms with Gasteiger partial charge in [0.2, 0.25) is 0 Å². The summed E-state index contributed by atoms with van der Waals surface area (Å²) >= 11 is 6.87. The van der Waals surface area contributed by atoms with Gasteiger partial charge < -0.3 is 5.32 Å². The summed E-state index contributed by atoms with van der Waals surface area (Å²) in [5.74, 6) is -0.508. The third-order valence-electron chi connectivity index (χ3n) is 5.31. The van der Waals surface area contributed by atoms with Crippen molar-refractivity contribution >= 4 is 42.6 Å². The molecule has 3 atom stereocenters. The minimum atomic E-state index is -3.77. The van der Waals surface area contributed by atoms with Gasteiger partial charge in [0.05, 0.1) is 21.1 Å². The summed E-state index contributed by atoms with van der Waals surface area (Å²) in [5.41, 5.74) is 2.38. The molecule has 1 aliphatic heterocycles. The summed E-state index contributed by atoms with van der Waals surface area (Å²) in [4.78, 5) is 0. The zero-order chi connectivity index (χ0) is 19.2. The van der Waals surface area contributed by atoms with Gasteiger partial charge in [0.15, 0.2) is 19.7 Å². The second-order valence-corrected chi connectivity index (χ2v) is 13.4. The molecule has 2 aromatic rings. The molecule has 0 amide bonds. The maximum Gasteiger partial charge on any atom is 0.193 e. The largest absolute Gasteiger partial charge is 0.305 e. The lowest BCUT2D eigenvalue weighted by Gasteiger charge is -2.30. The van der Waals surface area contributed by atoms with Crippen molar-refractivity contribution in [3.05, 3.63) is 51.9 Å². The molecule has 2 heterocycles. The molecule has 0 saturated carbocycles. The van der Waals surface area contributed by atoms with E-state index in [1.165, 1.54) is 17.7 Å². The average molecular weight is 446 g/mol. The third-order valence-corrected chi connectivity index (χ3v) is 11.2. The predicted octanol–water partition coefficient (Wildman–Crippen LogP) is 3.01. The second-order valence-electron chi connectivity index (χ2n) is 7.14. The molecule has 1 aromatic carbocycles. The van der Waals surface area contributed by atoms with Crippen LogP contribution in [0.2, 0.25) is 4.34 Å². The molecule has 1 unspecified atom stereocenters. The molecule has 2 aliphatic rings. The monoisotopic (exact) mass is 445 g/mol. The second kappa shape index (κ2) is 7.15. The summed E-state index contributed by atoms with van der Waals surface area (Å²) in [6.07, 6.45) is 2.85. The smallest absolute Gasteiger partial charge is 0.193 e. The molecule has 4 rings (SSSR count). The summed E-state index contributed by atoms with van der Waals surface area (Å²) < 4.78 is 51.3. The average Bonchev–Trinajstić information content (AvgIpc) is 3.19. The molecule has 1 saturated heterocycles. The van der Waals surface area contributed by atoms with Crippen molar-refractivity contribution in [2.24, 2.45) is 0 Å². The Labute approximate surface area is 168 Å². The van der Waals surface area contributed by atoms with E-state index in [2.05, 4.69) is 11.4 Å². The van der Waals surface area contributed by atoms with Crippen molar-refractivity contribution in [3.8, 4) is 0 Å². The molecule has 1 aromatic heterocycles. The first-order chi connectivity index (χ1) is 12.8. The fraction of sp³-hybridized carbons (Fsp3) is 0.444. The highest BCUT2D eigenvalue weighted by molar-refractivity contribution is 7.97. The molecule has 0 spiro atoms. The van der Waals surface area contributed by atoms with E-state index in [0.717, 1.165) is 36.2 Å². The van der Waals surface area contributed by atoms with Crippen molar-refractivity contribution in [1.29, 1.82) is 0 Å². The van der Waals surface area contributed by atoms with E-state index in [1.54, 1.807) is 0 Å². The van der Waals surface area contributed by atoms with Crippen LogP contribution < -0.4 is 5.32 Å². The fourth-order valence-electron chi connectivity index (χ4n) is 4.06. The van der Waals surface area contributed by atoms with Gasteiger partial charge in [0.1, 0.15) is 4.21 Å². The normalized spacial score (nSPS) is 27.4. The SMILES string of the molecule is O=S1(=O)C[C@H](NC2CCCc3ccccc32)[C@@H](S(=O)(=O)c2ccc(Cl)s2)C1. The molecule has 146 valence electrons. The number of aryl methyl sites for hydroxylation is 1. The van der Waals surface area contributed by atoms with Crippen molar-refractivity contribution < 1.29 is 16.8 Å². The van der Waals surface area contributed by atoms with E-state index in [1.807, 2.05) is 18.2 Å². The summed E-state index contributed by atoms with van der Waals surface area (Å²) in [7, 11) is -7.20. The Kier molecular flexibility index (Phi) is 5.13. The molecule has 1 N–H and O–H groups in total. The van der Waals surface area contributed by atoms with Gasteiger partial charge in [0.25, 0.3) is 0 Å². The van der Waals surface area contributed by atoms with Gasteiger partial charge in [-0.1, -0.05) is 35.9 Å². The van der Waals surface area contributed by atoms with Gasteiger partial charge in [-0.3, -0.25) is 0 Å². The maximum absolute atomic E-state index is 13.1. The Bertz CT molecular complexity index is 1060. The fourth-order valence-corrected chi connectivity index (χ4v) is 10.4. The highest BCUT2D eigenvalue weighted by Gasteiger charge is 2.47. The van der Waals surface area contributed by atoms with Crippen LogP contribution in [0.1, 0.15) is 30.0 Å². The Morgan fingerprint density at radius 3 is 2.63 bits per heavy atom. The first-order valence-electron chi connectivity index (χ1n) is 8.80. The first-order valence-corrected chi connectivity index (χ1v) is 13.4. The number of rotatable bonds is 4. The van der Waals surface area contributed by atoms with Gasteiger partial charge in [-0.2, -0.15) is 0 Å². The lowest BCUT2D eigenvalue weighted by Crippen LogP contribution is -2.45. The first kappa shape index (κ1) is 19.4. The van der Waals surface area contributed by atoms with Crippen LogP contribution in [0.3, 0.4) is 0 Å². The number of fused-ring (bicyclic) bond motifs is 1. The Hall–Kier alpha value is -0.930. The van der Waals surface area contributed by atoms with Gasteiger partial charge in [-0.05, 0) is 42.5 Å². The zero-order valence-corrected chi connectivity index (χ0v) is 17.7. The Morgan fingerprint density at radius 2 is 1.89 bits per heavy atom. The van der Waals surface area contributed by atoms with E-state index in [0.29, 0.717) is 4.34 Å². The van der Waals surface area contributed by atoms with Crippen molar-refractivity contribution in [2.75, 3.05) is 11.5 Å². The maximum atomic E-state index is 13.1. The van der Waals surface area contributed by atoms with E-state index < -0.39 is 31.0 Å². The predicted molar refractivity (Wildman–Crippen MR) is 108 cm³/mol. The number of sulfone groups is 2. The van der Waals surface area contributed by atoms with E-state index >= 15 is 0 Å². The van der Waals surface area contributed by atoms with E-state index in [4.69, 9.17) is 11.6 Å². The van der Waals surface area contributed by atoms with Crippen LogP contribution >= 0.6 is 22.9 Å². The van der Waals surface area contributed by atoms with Gasteiger partial charge in [0, 0.05) is 12.1 Å². The topological polar surface area (TPSA) is 80.3 Å². The van der Waals surface area contributed by atoms with E-state index in [-0.39, 0.29) is 21.8 Å². The van der Waals surface area contributed by atoms with Crippen LogP contribution in [-0.2, 0) is 26.1 Å².